The smallest absolute Gasteiger partial charge is 0.416 e. The Morgan fingerprint density at radius 2 is 1.68 bits per heavy atom. The minimum atomic E-state index is -4.47. The number of thiocarbonyl (C=S) groups is 1. The molecular weight excluding hydrogens is 467 g/mol. The van der Waals surface area contributed by atoms with E-state index in [0.717, 1.165) is 29.8 Å². The van der Waals surface area contributed by atoms with Gasteiger partial charge in [-0.1, -0.05) is 12.1 Å². The fourth-order valence-electron chi connectivity index (χ4n) is 3.40. The van der Waals surface area contributed by atoms with Crippen molar-refractivity contribution in [2.75, 3.05) is 12.4 Å². The van der Waals surface area contributed by atoms with Gasteiger partial charge in [0.25, 0.3) is 5.91 Å². The second-order valence-electron chi connectivity index (χ2n) is 8.05. The van der Waals surface area contributed by atoms with Crippen LogP contribution in [0.2, 0.25) is 0 Å². The molecular formula is C24H24F3N3O3S. The molecule has 34 heavy (non-hydrogen) atoms. The average Bonchev–Trinajstić information content (AvgIpc) is 2.76. The number of rotatable bonds is 5. The van der Waals surface area contributed by atoms with E-state index in [1.54, 1.807) is 57.0 Å². The van der Waals surface area contributed by atoms with Crippen LogP contribution in [0.1, 0.15) is 48.3 Å². The van der Waals surface area contributed by atoms with Gasteiger partial charge in [0.15, 0.2) is 5.11 Å². The first-order valence-electron chi connectivity index (χ1n) is 10.4. The minimum Gasteiger partial charge on any atom is -0.459 e. The zero-order valence-corrected chi connectivity index (χ0v) is 19.8. The third kappa shape index (κ3) is 5.56. The molecule has 0 aromatic heterocycles. The number of esters is 1. The summed E-state index contributed by atoms with van der Waals surface area (Å²) in [6, 6.07) is 10.1. The van der Waals surface area contributed by atoms with Crippen LogP contribution >= 0.6 is 12.2 Å². The molecule has 1 unspecified atom stereocenters. The van der Waals surface area contributed by atoms with E-state index in [0.29, 0.717) is 22.1 Å². The summed E-state index contributed by atoms with van der Waals surface area (Å²) in [5.41, 5.74) is 1.52. The molecule has 2 aromatic rings. The number of ether oxygens (including phenoxy) is 1. The molecule has 0 saturated carbocycles. The number of nitrogens with zero attached hydrogens (tertiary/aromatic N) is 1. The lowest BCUT2D eigenvalue weighted by atomic mass is 9.95. The van der Waals surface area contributed by atoms with E-state index in [-0.39, 0.29) is 11.7 Å². The molecule has 1 aliphatic rings. The van der Waals surface area contributed by atoms with Gasteiger partial charge in [-0.2, -0.15) is 13.2 Å². The zero-order valence-electron chi connectivity index (χ0n) is 19.0. The second kappa shape index (κ2) is 9.84. The van der Waals surface area contributed by atoms with Crippen molar-refractivity contribution in [1.82, 2.24) is 10.2 Å². The lowest BCUT2D eigenvalue weighted by Gasteiger charge is -2.35. The van der Waals surface area contributed by atoms with E-state index >= 15 is 0 Å². The molecule has 1 amide bonds. The van der Waals surface area contributed by atoms with Crippen molar-refractivity contribution in [3.05, 3.63) is 76.5 Å². The molecule has 180 valence electrons. The van der Waals surface area contributed by atoms with Crippen molar-refractivity contribution in [3.8, 4) is 0 Å². The summed E-state index contributed by atoms with van der Waals surface area (Å²) in [6.45, 7) is 5.32. The third-order valence-electron chi connectivity index (χ3n) is 5.29. The average molecular weight is 492 g/mol. The number of carbonyl (C=O) groups is 2. The lowest BCUT2D eigenvalue weighted by molar-refractivity contribution is -0.143. The summed E-state index contributed by atoms with van der Waals surface area (Å²) in [6.07, 6.45) is -4.77. The molecule has 1 aliphatic heterocycles. The van der Waals surface area contributed by atoms with Gasteiger partial charge in [0.1, 0.15) is 0 Å². The van der Waals surface area contributed by atoms with Gasteiger partial charge in [0, 0.05) is 24.0 Å². The molecule has 0 saturated heterocycles. The largest absolute Gasteiger partial charge is 0.459 e. The first kappa shape index (κ1) is 25.2. The maximum atomic E-state index is 12.8. The van der Waals surface area contributed by atoms with Gasteiger partial charge in [-0.05, 0) is 75.0 Å². The number of carbonyl (C=O) groups excluding carboxylic acids is 2. The SMILES string of the molecule is CC1=C(C(=O)OC(C)C)C(c2ccc(NC(=O)c3ccc(C(F)(F)F)cc3)cc2)NC(=S)N1C. The summed E-state index contributed by atoms with van der Waals surface area (Å²) in [7, 11) is 1.75. The van der Waals surface area contributed by atoms with Crippen LogP contribution in [0.3, 0.4) is 0 Å². The Morgan fingerprint density at radius 1 is 1.09 bits per heavy atom. The summed E-state index contributed by atoms with van der Waals surface area (Å²) in [4.78, 5) is 26.9. The number of anilines is 1. The van der Waals surface area contributed by atoms with Gasteiger partial charge in [-0.25, -0.2) is 4.79 Å². The summed E-state index contributed by atoms with van der Waals surface area (Å²) in [5, 5.41) is 6.24. The molecule has 3 rings (SSSR count). The Kier molecular flexibility index (Phi) is 7.30. The number of hydrogen-bond donors (Lipinski definition) is 2. The van der Waals surface area contributed by atoms with Crippen LogP contribution in [0.15, 0.2) is 59.8 Å². The topological polar surface area (TPSA) is 70.7 Å². The number of amides is 1. The number of nitrogens with one attached hydrogen (secondary N) is 2. The molecule has 0 spiro atoms. The zero-order chi connectivity index (χ0) is 25.2. The highest BCUT2D eigenvalue weighted by Crippen LogP contribution is 2.32. The molecule has 10 heteroatoms. The monoisotopic (exact) mass is 491 g/mol. The second-order valence-corrected chi connectivity index (χ2v) is 8.43. The Balaban J connectivity index is 1.80. The van der Waals surface area contributed by atoms with E-state index in [2.05, 4.69) is 10.6 Å². The molecule has 6 nitrogen and oxygen atoms in total. The maximum Gasteiger partial charge on any atom is 0.416 e. The van der Waals surface area contributed by atoms with Crippen molar-refractivity contribution >= 4 is 34.9 Å². The van der Waals surface area contributed by atoms with Crippen LogP contribution in [0.4, 0.5) is 18.9 Å². The highest BCUT2D eigenvalue weighted by atomic mass is 32.1. The Bertz CT molecular complexity index is 1130. The number of hydrogen-bond acceptors (Lipinski definition) is 4. The Hall–Kier alpha value is -3.40. The first-order chi connectivity index (χ1) is 15.9. The van der Waals surface area contributed by atoms with Crippen LogP contribution in [0.25, 0.3) is 0 Å². The van der Waals surface area contributed by atoms with Crippen LogP contribution in [0, 0.1) is 0 Å². The Labute approximate surface area is 200 Å². The number of alkyl halides is 3. The fraction of sp³-hybridized carbons (Fsp3) is 0.292. The van der Waals surface area contributed by atoms with Crippen molar-refractivity contribution < 1.29 is 27.5 Å². The minimum absolute atomic E-state index is 0.0942. The van der Waals surface area contributed by atoms with Crippen molar-refractivity contribution in [2.24, 2.45) is 0 Å². The number of benzene rings is 2. The quantitative estimate of drug-likeness (QED) is 0.451. The standard InChI is InChI=1S/C24H24F3N3O3S/c1-13(2)33-22(32)19-14(3)30(4)23(34)29-20(19)15-7-11-18(12-8-15)28-21(31)16-5-9-17(10-6-16)24(25,26)27/h5-13,20H,1-4H3,(H,28,31)(H,29,34). The summed E-state index contributed by atoms with van der Waals surface area (Å²) >= 11 is 5.38. The van der Waals surface area contributed by atoms with Crippen LogP contribution in [0.5, 0.6) is 0 Å². The third-order valence-corrected chi connectivity index (χ3v) is 5.68. The molecule has 1 atom stereocenters. The van der Waals surface area contributed by atoms with Crippen LogP contribution < -0.4 is 10.6 Å². The molecule has 2 aromatic carbocycles. The molecule has 0 fully saturated rings. The van der Waals surface area contributed by atoms with Gasteiger partial charge >= 0.3 is 12.1 Å². The normalized spacial score (nSPS) is 16.4. The Morgan fingerprint density at radius 3 is 2.21 bits per heavy atom. The van der Waals surface area contributed by atoms with Gasteiger partial charge < -0.3 is 20.3 Å². The molecule has 2 N–H and O–H groups in total. The van der Waals surface area contributed by atoms with Crippen molar-refractivity contribution in [3.63, 3.8) is 0 Å². The molecule has 0 aliphatic carbocycles. The van der Waals surface area contributed by atoms with E-state index in [4.69, 9.17) is 17.0 Å². The van der Waals surface area contributed by atoms with Gasteiger partial charge in [-0.15, -0.1) is 0 Å². The van der Waals surface area contributed by atoms with E-state index in [1.165, 1.54) is 0 Å². The number of halogens is 3. The van der Waals surface area contributed by atoms with Gasteiger partial charge in [0.2, 0.25) is 0 Å². The maximum absolute atomic E-state index is 12.8. The predicted octanol–water partition coefficient (Wildman–Crippen LogP) is 5.04. The molecule has 1 heterocycles. The van der Waals surface area contributed by atoms with E-state index < -0.39 is 29.7 Å². The van der Waals surface area contributed by atoms with Crippen molar-refractivity contribution in [1.29, 1.82) is 0 Å². The summed E-state index contributed by atoms with van der Waals surface area (Å²) < 4.78 is 43.6. The lowest BCUT2D eigenvalue weighted by Crippen LogP contribution is -2.46. The highest BCUT2D eigenvalue weighted by Gasteiger charge is 2.34. The van der Waals surface area contributed by atoms with Crippen LogP contribution in [-0.2, 0) is 15.7 Å². The first-order valence-corrected chi connectivity index (χ1v) is 10.8. The highest BCUT2D eigenvalue weighted by molar-refractivity contribution is 7.80. The predicted molar refractivity (Wildman–Crippen MR) is 126 cm³/mol. The van der Waals surface area contributed by atoms with E-state index in [1.807, 2.05) is 0 Å². The number of allylic oxidation sites excluding steroid dienone is 1. The van der Waals surface area contributed by atoms with Gasteiger partial charge in [0.05, 0.1) is 23.3 Å². The van der Waals surface area contributed by atoms with Crippen LogP contribution in [-0.4, -0.2) is 35.0 Å². The molecule has 0 radical (unpaired) electrons. The molecule has 0 bridgehead atoms. The van der Waals surface area contributed by atoms with Crippen molar-refractivity contribution in [2.45, 2.75) is 39.1 Å². The van der Waals surface area contributed by atoms with E-state index in [9.17, 15) is 22.8 Å². The van der Waals surface area contributed by atoms with Gasteiger partial charge in [-0.3, -0.25) is 4.79 Å². The fourth-order valence-corrected chi connectivity index (χ4v) is 3.66. The summed E-state index contributed by atoms with van der Waals surface area (Å²) in [5.74, 6) is -1.00.